The van der Waals surface area contributed by atoms with Crippen LogP contribution in [0, 0.1) is 18.6 Å². The van der Waals surface area contributed by atoms with Crippen LogP contribution in [0.4, 0.5) is 8.78 Å². The van der Waals surface area contributed by atoms with Crippen molar-refractivity contribution >= 4 is 9.84 Å². The predicted molar refractivity (Wildman–Crippen MR) is 67.5 cm³/mol. The lowest BCUT2D eigenvalue weighted by Gasteiger charge is -2.30. The van der Waals surface area contributed by atoms with E-state index in [4.69, 9.17) is 0 Å². The molecule has 0 spiro atoms. The molecule has 1 saturated carbocycles. The van der Waals surface area contributed by atoms with Crippen LogP contribution in [0.25, 0.3) is 0 Å². The number of sulfone groups is 1. The third kappa shape index (κ3) is 2.27. The molecule has 2 atom stereocenters. The summed E-state index contributed by atoms with van der Waals surface area (Å²) in [5, 5.41) is 9.48. The number of hydrogen-bond donors (Lipinski definition) is 1. The largest absolute Gasteiger partial charge is 0.384 e. The van der Waals surface area contributed by atoms with E-state index in [2.05, 4.69) is 0 Å². The van der Waals surface area contributed by atoms with E-state index >= 15 is 0 Å². The Morgan fingerprint density at radius 3 is 2.53 bits per heavy atom. The normalized spacial score (nSPS) is 27.7. The van der Waals surface area contributed by atoms with E-state index in [0.29, 0.717) is 6.42 Å². The van der Waals surface area contributed by atoms with Gasteiger partial charge in [0.1, 0.15) is 5.60 Å². The molecule has 0 bridgehead atoms. The molecule has 2 rings (SSSR count). The highest BCUT2D eigenvalue weighted by Gasteiger charge is 2.49. The van der Waals surface area contributed by atoms with Crippen LogP contribution in [0.2, 0.25) is 0 Å². The van der Waals surface area contributed by atoms with E-state index in [1.165, 1.54) is 19.1 Å². The van der Waals surface area contributed by atoms with E-state index in [-0.39, 0.29) is 24.0 Å². The summed E-state index contributed by atoms with van der Waals surface area (Å²) in [7, 11) is -3.54. The van der Waals surface area contributed by atoms with Crippen molar-refractivity contribution in [2.75, 3.05) is 6.26 Å². The lowest BCUT2D eigenvalue weighted by atomic mass is 9.90. The molecule has 3 nitrogen and oxygen atoms in total. The zero-order chi connectivity index (χ0) is 14.4. The number of rotatable bonds is 2. The molecule has 2 unspecified atom stereocenters. The number of aryl methyl sites for hydroxylation is 1. The van der Waals surface area contributed by atoms with Crippen LogP contribution in [-0.2, 0) is 15.4 Å². The van der Waals surface area contributed by atoms with Gasteiger partial charge in [-0.1, -0.05) is 12.1 Å². The van der Waals surface area contributed by atoms with Crippen molar-refractivity contribution in [3.63, 3.8) is 0 Å². The Kier molecular flexibility index (Phi) is 3.43. The van der Waals surface area contributed by atoms with Crippen molar-refractivity contribution in [3.8, 4) is 0 Å². The first-order valence-electron chi connectivity index (χ1n) is 6.04. The lowest BCUT2D eigenvalue weighted by Crippen LogP contribution is -2.40. The van der Waals surface area contributed by atoms with Gasteiger partial charge in [-0.05, 0) is 31.7 Å². The molecule has 0 saturated heterocycles. The summed E-state index contributed by atoms with van der Waals surface area (Å²) in [6.45, 7) is 1.41. The molecule has 19 heavy (non-hydrogen) atoms. The summed E-state index contributed by atoms with van der Waals surface area (Å²) in [6, 6.07) is 2.63. The zero-order valence-corrected chi connectivity index (χ0v) is 11.6. The highest BCUT2D eigenvalue weighted by atomic mass is 32.2. The first kappa shape index (κ1) is 14.4. The van der Waals surface area contributed by atoms with Gasteiger partial charge in [0.25, 0.3) is 0 Å². The fourth-order valence-electron chi connectivity index (χ4n) is 2.81. The number of hydrogen-bond acceptors (Lipinski definition) is 3. The van der Waals surface area contributed by atoms with Gasteiger partial charge in [-0.3, -0.25) is 0 Å². The van der Waals surface area contributed by atoms with Crippen molar-refractivity contribution in [1.82, 2.24) is 0 Å². The second-order valence-corrected chi connectivity index (χ2v) is 7.42. The highest BCUT2D eigenvalue weighted by molar-refractivity contribution is 7.91. The topological polar surface area (TPSA) is 54.4 Å². The summed E-state index contributed by atoms with van der Waals surface area (Å²) in [5.74, 6) is -2.19. The maximum atomic E-state index is 14.0. The van der Waals surface area contributed by atoms with Crippen LogP contribution in [-0.4, -0.2) is 25.0 Å². The van der Waals surface area contributed by atoms with Crippen LogP contribution in [0.15, 0.2) is 12.1 Å². The Bertz CT molecular complexity index is 613. The zero-order valence-electron chi connectivity index (χ0n) is 10.8. The molecular weight excluding hydrogens is 274 g/mol. The molecule has 1 aromatic rings. The molecule has 1 aliphatic rings. The molecule has 1 aromatic carbocycles. The monoisotopic (exact) mass is 290 g/mol. The maximum Gasteiger partial charge on any atom is 0.165 e. The SMILES string of the molecule is Cc1ccc(C2(O)CCCC2S(C)(=O)=O)c(F)c1F. The molecule has 0 aromatic heterocycles. The second kappa shape index (κ2) is 4.52. The third-order valence-electron chi connectivity index (χ3n) is 3.82. The summed E-state index contributed by atoms with van der Waals surface area (Å²) >= 11 is 0. The van der Waals surface area contributed by atoms with E-state index in [9.17, 15) is 22.3 Å². The van der Waals surface area contributed by atoms with Crippen LogP contribution in [0.5, 0.6) is 0 Å². The smallest absolute Gasteiger partial charge is 0.165 e. The fourth-order valence-corrected chi connectivity index (χ4v) is 4.36. The Balaban J connectivity index is 2.60. The van der Waals surface area contributed by atoms with Gasteiger partial charge in [0, 0.05) is 11.8 Å². The second-order valence-electron chi connectivity index (χ2n) is 5.19. The van der Waals surface area contributed by atoms with Gasteiger partial charge < -0.3 is 5.11 Å². The molecule has 1 N–H and O–H groups in total. The first-order valence-corrected chi connectivity index (χ1v) is 7.99. The Hall–Kier alpha value is -1.01. The third-order valence-corrected chi connectivity index (χ3v) is 5.47. The van der Waals surface area contributed by atoms with Gasteiger partial charge in [-0.2, -0.15) is 0 Å². The average molecular weight is 290 g/mol. The van der Waals surface area contributed by atoms with Crippen molar-refractivity contribution < 1.29 is 22.3 Å². The fraction of sp³-hybridized carbons (Fsp3) is 0.538. The highest BCUT2D eigenvalue weighted by Crippen LogP contribution is 2.43. The van der Waals surface area contributed by atoms with E-state index < -0.39 is 32.3 Å². The quantitative estimate of drug-likeness (QED) is 0.907. The van der Waals surface area contributed by atoms with Crippen LogP contribution < -0.4 is 0 Å². The van der Waals surface area contributed by atoms with Crippen LogP contribution in [0.1, 0.15) is 30.4 Å². The first-order chi connectivity index (χ1) is 8.68. The van der Waals surface area contributed by atoms with Gasteiger partial charge in [0.15, 0.2) is 21.5 Å². The lowest BCUT2D eigenvalue weighted by molar-refractivity contribution is 0.0432. The molecule has 0 amide bonds. The van der Waals surface area contributed by atoms with Gasteiger partial charge >= 0.3 is 0 Å². The summed E-state index contributed by atoms with van der Waals surface area (Å²) in [6.07, 6.45) is 1.84. The minimum atomic E-state index is -3.54. The number of benzene rings is 1. The van der Waals surface area contributed by atoms with E-state index in [1.54, 1.807) is 0 Å². The van der Waals surface area contributed by atoms with Gasteiger partial charge in [-0.25, -0.2) is 17.2 Å². The Labute approximate surface area is 111 Å². The van der Waals surface area contributed by atoms with Crippen molar-refractivity contribution in [3.05, 3.63) is 34.9 Å². The number of halogens is 2. The Morgan fingerprint density at radius 1 is 1.32 bits per heavy atom. The molecule has 1 fully saturated rings. The molecule has 0 heterocycles. The van der Waals surface area contributed by atoms with Crippen molar-refractivity contribution in [2.45, 2.75) is 37.0 Å². The molecule has 106 valence electrons. The summed E-state index contributed by atoms with van der Waals surface area (Å²) in [4.78, 5) is 0. The van der Waals surface area contributed by atoms with Crippen molar-refractivity contribution in [1.29, 1.82) is 0 Å². The molecular formula is C13H16F2O3S. The molecule has 1 aliphatic carbocycles. The van der Waals surface area contributed by atoms with E-state index in [0.717, 1.165) is 6.26 Å². The molecule has 0 radical (unpaired) electrons. The predicted octanol–water partition coefficient (Wildman–Crippen LogP) is 2.06. The summed E-state index contributed by atoms with van der Waals surface area (Å²) in [5.41, 5.74) is -1.98. The van der Waals surface area contributed by atoms with E-state index in [1.807, 2.05) is 0 Å². The Morgan fingerprint density at radius 2 is 1.95 bits per heavy atom. The van der Waals surface area contributed by atoms with Crippen molar-refractivity contribution in [2.24, 2.45) is 0 Å². The van der Waals surface area contributed by atoms with Crippen LogP contribution in [0.3, 0.4) is 0 Å². The van der Waals surface area contributed by atoms with Crippen LogP contribution >= 0.6 is 0 Å². The van der Waals surface area contributed by atoms with Gasteiger partial charge in [0.2, 0.25) is 0 Å². The molecule has 6 heteroatoms. The minimum Gasteiger partial charge on any atom is -0.384 e. The minimum absolute atomic E-state index is 0.115. The maximum absolute atomic E-state index is 14.0. The van der Waals surface area contributed by atoms with Gasteiger partial charge in [-0.15, -0.1) is 0 Å². The van der Waals surface area contributed by atoms with Gasteiger partial charge in [0.05, 0.1) is 5.25 Å². The average Bonchev–Trinajstić information content (AvgIpc) is 2.69. The summed E-state index contributed by atoms with van der Waals surface area (Å²) < 4.78 is 51.0. The standard InChI is InChI=1S/C13H16F2O3S/c1-8-5-6-9(12(15)11(8)14)13(16)7-3-4-10(13)19(2,17)18/h5-6,10,16H,3-4,7H2,1-2H3. The molecule has 0 aliphatic heterocycles. The number of aliphatic hydroxyl groups is 1.